The predicted octanol–water partition coefficient (Wildman–Crippen LogP) is 1.91. The van der Waals surface area contributed by atoms with Crippen molar-refractivity contribution in [3.8, 4) is 0 Å². The third-order valence-corrected chi connectivity index (χ3v) is 2.75. The minimum atomic E-state index is -0.459. The number of hydrogen-bond acceptors (Lipinski definition) is 3. The van der Waals surface area contributed by atoms with Crippen LogP contribution in [0, 0.1) is 5.92 Å². The summed E-state index contributed by atoms with van der Waals surface area (Å²) in [6.45, 7) is 2.63. The first-order valence-electron chi connectivity index (χ1n) is 5.11. The molecule has 0 saturated heterocycles. The van der Waals surface area contributed by atoms with E-state index in [0.29, 0.717) is 28.6 Å². The normalized spacial score (nSPS) is 13.2. The molecule has 1 unspecified atom stereocenters. The van der Waals surface area contributed by atoms with Gasteiger partial charge in [0, 0.05) is 5.02 Å². The number of rotatable bonds is 3. The van der Waals surface area contributed by atoms with Crippen LogP contribution in [-0.2, 0) is 6.42 Å². The van der Waals surface area contributed by atoms with Gasteiger partial charge < -0.3 is 10.2 Å². The first kappa shape index (κ1) is 11.2. The molecule has 1 aromatic carbocycles. The van der Waals surface area contributed by atoms with Crippen LogP contribution in [0.15, 0.2) is 21.3 Å². The van der Waals surface area contributed by atoms with Crippen molar-refractivity contribution in [2.24, 2.45) is 11.7 Å². The maximum atomic E-state index is 11.1. The summed E-state index contributed by atoms with van der Waals surface area (Å²) < 4.78 is 5.09. The van der Waals surface area contributed by atoms with E-state index >= 15 is 0 Å². The molecular weight excluding hydrogens is 228 g/mol. The molecule has 0 fully saturated rings. The van der Waals surface area contributed by atoms with Crippen LogP contribution in [0.1, 0.15) is 12.5 Å². The van der Waals surface area contributed by atoms with Gasteiger partial charge in [0.1, 0.15) is 0 Å². The van der Waals surface area contributed by atoms with Crippen LogP contribution in [0.4, 0.5) is 0 Å². The molecule has 2 aromatic rings. The molecule has 0 amide bonds. The lowest BCUT2D eigenvalue weighted by Gasteiger charge is -2.08. The van der Waals surface area contributed by atoms with Crippen LogP contribution in [0.2, 0.25) is 5.02 Å². The van der Waals surface area contributed by atoms with Gasteiger partial charge in [0.25, 0.3) is 0 Å². The van der Waals surface area contributed by atoms with Crippen LogP contribution in [-0.4, -0.2) is 11.5 Å². The number of fused-ring (bicyclic) bond motifs is 1. The first-order valence-corrected chi connectivity index (χ1v) is 5.49. The number of aromatic nitrogens is 1. The maximum absolute atomic E-state index is 11.1. The number of aromatic amines is 1. The highest BCUT2D eigenvalue weighted by molar-refractivity contribution is 6.31. The zero-order valence-corrected chi connectivity index (χ0v) is 9.67. The van der Waals surface area contributed by atoms with Crippen molar-refractivity contribution in [3.63, 3.8) is 0 Å². The molecule has 0 bridgehead atoms. The molecule has 0 aliphatic heterocycles. The van der Waals surface area contributed by atoms with Crippen molar-refractivity contribution in [3.05, 3.63) is 33.3 Å². The Morgan fingerprint density at radius 2 is 2.31 bits per heavy atom. The zero-order valence-electron chi connectivity index (χ0n) is 8.92. The smallest absolute Gasteiger partial charge is 0.408 e. The van der Waals surface area contributed by atoms with Gasteiger partial charge >= 0.3 is 5.76 Å². The van der Waals surface area contributed by atoms with Crippen molar-refractivity contribution in [1.82, 2.24) is 4.98 Å². The van der Waals surface area contributed by atoms with Gasteiger partial charge in [-0.1, -0.05) is 18.5 Å². The topological polar surface area (TPSA) is 72.0 Å². The van der Waals surface area contributed by atoms with Gasteiger partial charge in [-0.2, -0.15) is 0 Å². The summed E-state index contributed by atoms with van der Waals surface area (Å²) in [5.41, 5.74) is 7.70. The Labute approximate surface area is 97.4 Å². The molecule has 1 aromatic heterocycles. The summed E-state index contributed by atoms with van der Waals surface area (Å²) in [7, 11) is 0. The Bertz CT molecular complexity index is 559. The molecule has 86 valence electrons. The van der Waals surface area contributed by atoms with E-state index in [-0.39, 0.29) is 0 Å². The Balaban J connectivity index is 2.53. The Morgan fingerprint density at radius 1 is 1.56 bits per heavy atom. The van der Waals surface area contributed by atoms with E-state index in [4.69, 9.17) is 21.8 Å². The maximum Gasteiger partial charge on any atom is 0.417 e. The molecule has 5 heteroatoms. The van der Waals surface area contributed by atoms with Gasteiger partial charge in [0.2, 0.25) is 0 Å². The van der Waals surface area contributed by atoms with Crippen molar-refractivity contribution in [2.75, 3.05) is 6.54 Å². The lowest BCUT2D eigenvalue weighted by molar-refractivity contribution is 0.541. The predicted molar refractivity (Wildman–Crippen MR) is 63.8 cm³/mol. The van der Waals surface area contributed by atoms with Crippen molar-refractivity contribution >= 4 is 22.7 Å². The number of nitrogens with two attached hydrogens (primary N) is 1. The fraction of sp³-hybridized carbons (Fsp3) is 0.364. The lowest BCUT2D eigenvalue weighted by Crippen LogP contribution is -2.13. The second-order valence-electron chi connectivity index (χ2n) is 4.00. The van der Waals surface area contributed by atoms with Crippen molar-refractivity contribution in [2.45, 2.75) is 13.3 Å². The fourth-order valence-corrected chi connectivity index (χ4v) is 1.94. The number of halogens is 1. The molecular formula is C11H13ClN2O2. The Kier molecular flexibility index (Phi) is 3.03. The SMILES string of the molecule is CC(CN)Cc1cc(Cl)cc2[nH]c(=O)oc12. The third-order valence-electron chi connectivity index (χ3n) is 2.53. The molecule has 0 saturated carbocycles. The van der Waals surface area contributed by atoms with Crippen LogP contribution < -0.4 is 11.5 Å². The van der Waals surface area contributed by atoms with Crippen LogP contribution in [0.5, 0.6) is 0 Å². The summed E-state index contributed by atoms with van der Waals surface area (Å²) >= 11 is 5.96. The van der Waals surface area contributed by atoms with E-state index < -0.39 is 5.76 Å². The molecule has 3 N–H and O–H groups in total. The monoisotopic (exact) mass is 240 g/mol. The Hall–Kier alpha value is -1.26. The van der Waals surface area contributed by atoms with E-state index in [2.05, 4.69) is 4.98 Å². The van der Waals surface area contributed by atoms with E-state index in [9.17, 15) is 4.79 Å². The highest BCUT2D eigenvalue weighted by Gasteiger charge is 2.11. The van der Waals surface area contributed by atoms with Crippen LogP contribution in [0.25, 0.3) is 11.1 Å². The molecule has 0 aliphatic rings. The molecule has 0 spiro atoms. The van der Waals surface area contributed by atoms with E-state index in [1.807, 2.05) is 13.0 Å². The number of nitrogens with one attached hydrogen (secondary N) is 1. The fourth-order valence-electron chi connectivity index (χ4n) is 1.70. The van der Waals surface area contributed by atoms with Gasteiger partial charge in [-0.05, 0) is 36.6 Å². The summed E-state index contributed by atoms with van der Waals surface area (Å²) in [4.78, 5) is 13.7. The highest BCUT2D eigenvalue weighted by atomic mass is 35.5. The molecule has 16 heavy (non-hydrogen) atoms. The minimum Gasteiger partial charge on any atom is -0.408 e. The first-order chi connectivity index (χ1) is 7.60. The summed E-state index contributed by atoms with van der Waals surface area (Å²) in [5.74, 6) is -0.138. The van der Waals surface area contributed by atoms with Crippen molar-refractivity contribution in [1.29, 1.82) is 0 Å². The van der Waals surface area contributed by atoms with Gasteiger partial charge in [0.15, 0.2) is 5.58 Å². The zero-order chi connectivity index (χ0) is 11.7. The summed E-state index contributed by atoms with van der Waals surface area (Å²) in [5, 5.41) is 0.587. The molecule has 1 heterocycles. The van der Waals surface area contributed by atoms with Gasteiger partial charge in [-0.3, -0.25) is 4.98 Å². The van der Waals surface area contributed by atoms with Crippen molar-refractivity contribution < 1.29 is 4.42 Å². The molecule has 0 aliphatic carbocycles. The molecule has 4 nitrogen and oxygen atoms in total. The minimum absolute atomic E-state index is 0.321. The third kappa shape index (κ3) is 2.13. The Morgan fingerprint density at radius 3 is 3.00 bits per heavy atom. The second kappa shape index (κ2) is 4.31. The van der Waals surface area contributed by atoms with Gasteiger partial charge in [0.05, 0.1) is 5.52 Å². The largest absolute Gasteiger partial charge is 0.417 e. The van der Waals surface area contributed by atoms with Crippen LogP contribution >= 0.6 is 11.6 Å². The average molecular weight is 241 g/mol. The summed E-state index contributed by atoms with van der Waals surface area (Å²) in [6.07, 6.45) is 0.744. The lowest BCUT2D eigenvalue weighted by atomic mass is 10.0. The molecule has 1 atom stereocenters. The van der Waals surface area contributed by atoms with Gasteiger partial charge in [-0.25, -0.2) is 4.79 Å². The van der Waals surface area contributed by atoms with Crippen LogP contribution in [0.3, 0.4) is 0 Å². The summed E-state index contributed by atoms with van der Waals surface area (Å²) in [6, 6.07) is 3.49. The number of hydrogen-bond donors (Lipinski definition) is 2. The second-order valence-corrected chi connectivity index (χ2v) is 4.44. The number of benzene rings is 1. The number of oxazole rings is 1. The van der Waals surface area contributed by atoms with Gasteiger partial charge in [-0.15, -0.1) is 0 Å². The van der Waals surface area contributed by atoms with E-state index in [0.717, 1.165) is 12.0 Å². The van der Waals surface area contributed by atoms with E-state index in [1.165, 1.54) is 0 Å². The molecule has 2 rings (SSSR count). The highest BCUT2D eigenvalue weighted by Crippen LogP contribution is 2.23. The molecule has 0 radical (unpaired) electrons. The van der Waals surface area contributed by atoms with E-state index in [1.54, 1.807) is 6.07 Å². The average Bonchev–Trinajstić information content (AvgIpc) is 2.58. The number of H-pyrrole nitrogens is 1. The standard InChI is InChI=1S/C11H13ClN2O2/c1-6(5-13)2-7-3-8(12)4-9-10(7)16-11(15)14-9/h3-4,6H,2,5,13H2,1H3,(H,14,15). The quantitative estimate of drug-likeness (QED) is 0.861.